The van der Waals surface area contributed by atoms with Crippen LogP contribution < -0.4 is 5.73 Å². The molecule has 1 saturated carbocycles. The van der Waals surface area contributed by atoms with Gasteiger partial charge >= 0.3 is 0 Å². The second-order valence-electron chi connectivity index (χ2n) is 6.45. The number of fused-ring (bicyclic) bond motifs is 1. The minimum Gasteiger partial charge on any atom is -0.399 e. The molecule has 0 aliphatic heterocycles. The summed E-state index contributed by atoms with van der Waals surface area (Å²) in [4.78, 5) is 4.78. The van der Waals surface area contributed by atoms with Crippen molar-refractivity contribution >= 4 is 16.7 Å². The Kier molecular flexibility index (Phi) is 2.25. The number of anilines is 1. The van der Waals surface area contributed by atoms with Gasteiger partial charge in [-0.1, -0.05) is 27.7 Å². The van der Waals surface area contributed by atoms with Gasteiger partial charge in [0, 0.05) is 17.6 Å². The number of aromatic nitrogens is 2. The number of imidazole rings is 1. The number of hydrogen-bond donors (Lipinski definition) is 1. The first-order valence-corrected chi connectivity index (χ1v) is 6.67. The van der Waals surface area contributed by atoms with Crippen LogP contribution in [0.3, 0.4) is 0 Å². The predicted molar refractivity (Wildman–Crippen MR) is 75.7 cm³/mol. The van der Waals surface area contributed by atoms with Crippen LogP contribution in [0.5, 0.6) is 0 Å². The average molecular weight is 243 g/mol. The Morgan fingerprint density at radius 3 is 2.61 bits per heavy atom. The van der Waals surface area contributed by atoms with Gasteiger partial charge in [0.05, 0.1) is 11.0 Å². The summed E-state index contributed by atoms with van der Waals surface area (Å²) in [6, 6.07) is 6.65. The molecular weight excluding hydrogens is 222 g/mol. The standard InChI is InChI=1S/C15H21N3/c1-9(2)14-17-11-7-10(16)5-6-12(11)18(14)13-8-15(13,3)4/h5-7,9,13H,8,16H2,1-4H3. The topological polar surface area (TPSA) is 43.8 Å². The molecule has 1 aromatic heterocycles. The third-order valence-corrected chi connectivity index (χ3v) is 4.03. The minimum absolute atomic E-state index is 0.401. The van der Waals surface area contributed by atoms with Crippen LogP contribution in [-0.2, 0) is 0 Å². The molecule has 2 N–H and O–H groups in total. The van der Waals surface area contributed by atoms with Gasteiger partial charge < -0.3 is 10.3 Å². The van der Waals surface area contributed by atoms with Crippen molar-refractivity contribution < 1.29 is 0 Å². The summed E-state index contributed by atoms with van der Waals surface area (Å²) in [6.07, 6.45) is 1.24. The van der Waals surface area contributed by atoms with E-state index >= 15 is 0 Å². The van der Waals surface area contributed by atoms with Gasteiger partial charge in [-0.3, -0.25) is 0 Å². The van der Waals surface area contributed by atoms with Crippen molar-refractivity contribution in [2.75, 3.05) is 5.73 Å². The molecule has 2 aromatic rings. The van der Waals surface area contributed by atoms with Gasteiger partial charge in [0.2, 0.25) is 0 Å². The van der Waals surface area contributed by atoms with Gasteiger partial charge in [-0.15, -0.1) is 0 Å². The SMILES string of the molecule is CC(C)c1nc2cc(N)ccc2n1C1CC1(C)C. The maximum absolute atomic E-state index is 5.86. The minimum atomic E-state index is 0.401. The van der Waals surface area contributed by atoms with E-state index in [2.05, 4.69) is 38.3 Å². The molecule has 96 valence electrons. The van der Waals surface area contributed by atoms with Crippen molar-refractivity contribution in [1.29, 1.82) is 0 Å². The van der Waals surface area contributed by atoms with Crippen molar-refractivity contribution in [2.24, 2.45) is 5.41 Å². The number of nitrogens with zero attached hydrogens (tertiary/aromatic N) is 2. The van der Waals surface area contributed by atoms with Gasteiger partial charge in [0.1, 0.15) is 5.82 Å². The highest BCUT2D eigenvalue weighted by molar-refractivity contribution is 5.80. The Bertz CT molecular complexity index is 607. The lowest BCUT2D eigenvalue weighted by molar-refractivity contribution is 0.526. The molecular formula is C15H21N3. The summed E-state index contributed by atoms with van der Waals surface area (Å²) >= 11 is 0. The van der Waals surface area contributed by atoms with Gasteiger partial charge in [-0.05, 0) is 30.0 Å². The maximum Gasteiger partial charge on any atom is 0.112 e. The van der Waals surface area contributed by atoms with E-state index < -0.39 is 0 Å². The maximum atomic E-state index is 5.86. The summed E-state index contributed by atoms with van der Waals surface area (Å²) < 4.78 is 2.43. The summed E-state index contributed by atoms with van der Waals surface area (Å²) in [5.74, 6) is 1.63. The largest absolute Gasteiger partial charge is 0.399 e. The normalized spacial score (nSPS) is 21.7. The number of nitrogen functional groups attached to an aromatic ring is 1. The molecule has 1 heterocycles. The van der Waals surface area contributed by atoms with Gasteiger partial charge in [-0.2, -0.15) is 0 Å². The fourth-order valence-electron chi connectivity index (χ4n) is 2.75. The van der Waals surface area contributed by atoms with Crippen molar-refractivity contribution in [3.05, 3.63) is 24.0 Å². The summed E-state index contributed by atoms with van der Waals surface area (Å²) in [5, 5.41) is 0. The summed E-state index contributed by atoms with van der Waals surface area (Å²) in [5.41, 5.74) is 9.30. The van der Waals surface area contributed by atoms with Crippen LogP contribution in [0.15, 0.2) is 18.2 Å². The van der Waals surface area contributed by atoms with E-state index in [1.54, 1.807) is 0 Å². The van der Waals surface area contributed by atoms with Crippen LogP contribution in [0.25, 0.3) is 11.0 Å². The van der Waals surface area contributed by atoms with Crippen molar-refractivity contribution in [3.8, 4) is 0 Å². The highest BCUT2D eigenvalue weighted by Crippen LogP contribution is 2.57. The summed E-state index contributed by atoms with van der Waals surface area (Å²) in [6.45, 7) is 9.06. The molecule has 0 bridgehead atoms. The Balaban J connectivity index is 2.23. The van der Waals surface area contributed by atoms with Crippen LogP contribution in [-0.4, -0.2) is 9.55 Å². The first kappa shape index (κ1) is 11.6. The molecule has 3 heteroatoms. The molecule has 3 nitrogen and oxygen atoms in total. The number of nitrogens with two attached hydrogens (primary N) is 1. The zero-order valence-electron chi connectivity index (χ0n) is 11.6. The van der Waals surface area contributed by atoms with Crippen LogP contribution in [0.4, 0.5) is 5.69 Å². The van der Waals surface area contributed by atoms with E-state index in [4.69, 9.17) is 10.7 Å². The second kappa shape index (κ2) is 3.50. The van der Waals surface area contributed by atoms with Crippen molar-refractivity contribution in [3.63, 3.8) is 0 Å². The molecule has 0 saturated heterocycles. The Morgan fingerprint density at radius 2 is 2.06 bits per heavy atom. The van der Waals surface area contributed by atoms with E-state index in [0.717, 1.165) is 11.2 Å². The van der Waals surface area contributed by atoms with E-state index in [1.165, 1.54) is 17.8 Å². The lowest BCUT2D eigenvalue weighted by Crippen LogP contribution is -2.06. The third-order valence-electron chi connectivity index (χ3n) is 4.03. The zero-order valence-corrected chi connectivity index (χ0v) is 11.6. The Labute approximate surface area is 108 Å². The van der Waals surface area contributed by atoms with Crippen LogP contribution in [0, 0.1) is 5.41 Å². The molecule has 1 aliphatic carbocycles. The van der Waals surface area contributed by atoms with E-state index in [-0.39, 0.29) is 0 Å². The molecule has 1 aliphatic rings. The highest BCUT2D eigenvalue weighted by Gasteiger charge is 2.48. The van der Waals surface area contributed by atoms with Crippen molar-refractivity contribution in [1.82, 2.24) is 9.55 Å². The van der Waals surface area contributed by atoms with Crippen molar-refractivity contribution in [2.45, 2.75) is 46.1 Å². The molecule has 1 unspecified atom stereocenters. The predicted octanol–water partition coefficient (Wildman–Crippen LogP) is 3.71. The molecule has 0 spiro atoms. The quantitative estimate of drug-likeness (QED) is 0.817. The van der Waals surface area contributed by atoms with E-state index in [9.17, 15) is 0 Å². The van der Waals surface area contributed by atoms with E-state index in [0.29, 0.717) is 17.4 Å². The lowest BCUT2D eigenvalue weighted by atomic mass is 10.1. The molecule has 18 heavy (non-hydrogen) atoms. The highest BCUT2D eigenvalue weighted by atomic mass is 15.2. The molecule has 0 radical (unpaired) electrons. The smallest absolute Gasteiger partial charge is 0.112 e. The van der Waals surface area contributed by atoms with Crippen LogP contribution in [0.2, 0.25) is 0 Å². The fraction of sp³-hybridized carbons (Fsp3) is 0.533. The van der Waals surface area contributed by atoms with Crippen LogP contribution in [0.1, 0.15) is 51.9 Å². The first-order chi connectivity index (χ1) is 8.40. The van der Waals surface area contributed by atoms with Gasteiger partial charge in [-0.25, -0.2) is 4.98 Å². The first-order valence-electron chi connectivity index (χ1n) is 6.67. The third kappa shape index (κ3) is 1.61. The second-order valence-corrected chi connectivity index (χ2v) is 6.45. The van der Waals surface area contributed by atoms with E-state index in [1.807, 2.05) is 12.1 Å². The monoisotopic (exact) mass is 243 g/mol. The van der Waals surface area contributed by atoms with Gasteiger partial charge in [0.25, 0.3) is 0 Å². The van der Waals surface area contributed by atoms with Crippen LogP contribution >= 0.6 is 0 Å². The number of hydrogen-bond acceptors (Lipinski definition) is 2. The Morgan fingerprint density at radius 1 is 1.39 bits per heavy atom. The molecule has 1 atom stereocenters. The number of benzene rings is 1. The average Bonchev–Trinajstić information content (AvgIpc) is 2.74. The molecule has 1 fully saturated rings. The lowest BCUT2D eigenvalue weighted by Gasteiger charge is -2.13. The zero-order chi connectivity index (χ0) is 13.1. The number of rotatable bonds is 2. The molecule has 0 amide bonds. The molecule has 1 aromatic carbocycles. The fourth-order valence-corrected chi connectivity index (χ4v) is 2.75. The summed E-state index contributed by atoms with van der Waals surface area (Å²) in [7, 11) is 0. The van der Waals surface area contributed by atoms with Gasteiger partial charge in [0.15, 0.2) is 0 Å². The molecule has 3 rings (SSSR count). The Hall–Kier alpha value is -1.51.